The maximum absolute atomic E-state index is 12.5. The number of nitrogens with one attached hydrogen (secondary N) is 1. The predicted molar refractivity (Wildman–Crippen MR) is 111 cm³/mol. The summed E-state index contributed by atoms with van der Waals surface area (Å²) in [6, 6.07) is 6.05. The monoisotopic (exact) mass is 420 g/mol. The van der Waals surface area contributed by atoms with Crippen LogP contribution >= 0.6 is 0 Å². The van der Waals surface area contributed by atoms with Gasteiger partial charge in [0.25, 0.3) is 5.91 Å². The minimum atomic E-state index is -3.49. The quantitative estimate of drug-likeness (QED) is 0.736. The summed E-state index contributed by atoms with van der Waals surface area (Å²) < 4.78 is 32.0. The van der Waals surface area contributed by atoms with E-state index in [4.69, 9.17) is 4.74 Å². The zero-order valence-electron chi connectivity index (χ0n) is 17.6. The average molecular weight is 421 g/mol. The number of hydrogen-bond acceptors (Lipinski definition) is 4. The third-order valence-corrected chi connectivity index (χ3v) is 8.71. The van der Waals surface area contributed by atoms with Crippen molar-refractivity contribution in [3.8, 4) is 0 Å². The number of amides is 1. The predicted octanol–water partition coefficient (Wildman–Crippen LogP) is 3.04. The molecule has 160 valence electrons. The van der Waals surface area contributed by atoms with E-state index < -0.39 is 10.0 Å². The molecular weight excluding hydrogens is 388 g/mol. The van der Waals surface area contributed by atoms with E-state index in [-0.39, 0.29) is 22.5 Å². The summed E-state index contributed by atoms with van der Waals surface area (Å²) in [6.45, 7) is 2.49. The lowest BCUT2D eigenvalue weighted by Gasteiger charge is -2.57. The minimum Gasteiger partial charge on any atom is -0.370 e. The van der Waals surface area contributed by atoms with Crippen molar-refractivity contribution in [3.05, 3.63) is 29.8 Å². The van der Waals surface area contributed by atoms with Crippen LogP contribution in [0.1, 0.15) is 55.8 Å². The molecule has 6 nitrogen and oxygen atoms in total. The number of hydrogen-bond donors (Lipinski definition) is 1. The molecule has 1 aromatic rings. The van der Waals surface area contributed by atoms with Crippen LogP contribution in [0.2, 0.25) is 0 Å². The van der Waals surface area contributed by atoms with Gasteiger partial charge < -0.3 is 10.1 Å². The van der Waals surface area contributed by atoms with Gasteiger partial charge in [0.05, 0.1) is 16.6 Å². The molecule has 4 fully saturated rings. The summed E-state index contributed by atoms with van der Waals surface area (Å²) in [5.41, 5.74) is 0.478. The number of rotatable bonds is 7. The van der Waals surface area contributed by atoms with Crippen LogP contribution in [0.25, 0.3) is 0 Å². The average Bonchev–Trinajstić information content (AvgIpc) is 2.64. The van der Waals surface area contributed by atoms with E-state index in [1.54, 1.807) is 12.1 Å². The van der Waals surface area contributed by atoms with Gasteiger partial charge in [-0.1, -0.05) is 0 Å². The minimum absolute atomic E-state index is 0.0289. The standard InChI is InChI=1S/C22H32N2O4S/c1-15(28-22-11-16-8-17(12-22)10-18(9-16)13-22)14-23-21(25)19-4-6-20(7-5-19)29(26,27)24(2)3/h4-7,15-18H,8-14H2,1-3H3,(H,23,25). The fourth-order valence-electron chi connectivity index (χ4n) is 5.97. The second kappa shape index (κ2) is 7.67. The van der Waals surface area contributed by atoms with Crippen LogP contribution in [0.3, 0.4) is 0 Å². The number of benzene rings is 1. The first kappa shape index (κ1) is 20.8. The van der Waals surface area contributed by atoms with Crippen LogP contribution in [0.4, 0.5) is 0 Å². The van der Waals surface area contributed by atoms with Crippen LogP contribution in [-0.4, -0.2) is 51.0 Å². The van der Waals surface area contributed by atoms with Gasteiger partial charge in [0.1, 0.15) is 0 Å². The van der Waals surface area contributed by atoms with Gasteiger partial charge in [0, 0.05) is 26.2 Å². The summed E-state index contributed by atoms with van der Waals surface area (Å²) >= 11 is 0. The topological polar surface area (TPSA) is 75.7 Å². The van der Waals surface area contributed by atoms with Gasteiger partial charge in [0.15, 0.2) is 0 Å². The summed E-state index contributed by atoms with van der Waals surface area (Å²) in [4.78, 5) is 12.7. The Hall–Kier alpha value is -1.44. The summed E-state index contributed by atoms with van der Waals surface area (Å²) in [7, 11) is -0.515. The molecule has 0 heterocycles. The van der Waals surface area contributed by atoms with E-state index in [2.05, 4.69) is 5.32 Å². The summed E-state index contributed by atoms with van der Waals surface area (Å²) in [5.74, 6) is 2.29. The molecule has 0 saturated heterocycles. The Balaban J connectivity index is 1.32. The molecule has 1 unspecified atom stereocenters. The van der Waals surface area contributed by atoms with Crippen LogP contribution in [0.15, 0.2) is 29.2 Å². The molecule has 5 rings (SSSR count). The molecule has 4 bridgehead atoms. The van der Waals surface area contributed by atoms with Gasteiger partial charge in [-0.05, 0) is 87.5 Å². The molecule has 4 aliphatic rings. The van der Waals surface area contributed by atoms with Crippen molar-refractivity contribution in [1.29, 1.82) is 0 Å². The first-order valence-corrected chi connectivity index (χ1v) is 12.1. The zero-order valence-corrected chi connectivity index (χ0v) is 18.4. The number of sulfonamides is 1. The van der Waals surface area contributed by atoms with Crippen molar-refractivity contribution >= 4 is 15.9 Å². The summed E-state index contributed by atoms with van der Waals surface area (Å²) in [5, 5.41) is 2.94. The first-order chi connectivity index (χ1) is 13.7. The zero-order chi connectivity index (χ0) is 20.8. The molecule has 0 spiro atoms. The molecule has 1 aromatic carbocycles. The second-order valence-corrected chi connectivity index (χ2v) is 11.7. The van der Waals surface area contributed by atoms with Gasteiger partial charge in [-0.3, -0.25) is 4.79 Å². The lowest BCUT2D eigenvalue weighted by molar-refractivity contribution is -0.182. The van der Waals surface area contributed by atoms with Gasteiger partial charge >= 0.3 is 0 Å². The highest BCUT2D eigenvalue weighted by atomic mass is 32.2. The molecule has 4 saturated carbocycles. The van der Waals surface area contributed by atoms with E-state index in [1.165, 1.54) is 64.8 Å². The number of carbonyl (C=O) groups is 1. The number of ether oxygens (including phenoxy) is 1. The van der Waals surface area contributed by atoms with E-state index >= 15 is 0 Å². The third kappa shape index (κ3) is 4.23. The SMILES string of the molecule is CC(CNC(=O)c1ccc(S(=O)(=O)N(C)C)cc1)OC12CC3CC(CC(C3)C1)C2. The lowest BCUT2D eigenvalue weighted by Crippen LogP contribution is -2.53. The van der Waals surface area contributed by atoms with Crippen molar-refractivity contribution in [2.75, 3.05) is 20.6 Å². The number of nitrogens with zero attached hydrogens (tertiary/aromatic N) is 1. The van der Waals surface area contributed by atoms with Crippen molar-refractivity contribution in [1.82, 2.24) is 9.62 Å². The molecule has 7 heteroatoms. The second-order valence-electron chi connectivity index (χ2n) is 9.55. The van der Waals surface area contributed by atoms with Crippen LogP contribution in [0, 0.1) is 17.8 Å². The fraction of sp³-hybridized carbons (Fsp3) is 0.682. The van der Waals surface area contributed by atoms with Crippen molar-refractivity contribution in [2.24, 2.45) is 17.8 Å². The van der Waals surface area contributed by atoms with Crippen molar-refractivity contribution < 1.29 is 17.9 Å². The molecule has 0 aliphatic heterocycles. The molecule has 4 aliphatic carbocycles. The van der Waals surface area contributed by atoms with Crippen molar-refractivity contribution in [3.63, 3.8) is 0 Å². The Bertz CT molecular complexity index is 828. The van der Waals surface area contributed by atoms with E-state index in [1.807, 2.05) is 6.92 Å². The van der Waals surface area contributed by atoms with Gasteiger partial charge in [-0.25, -0.2) is 12.7 Å². The van der Waals surface area contributed by atoms with E-state index in [0.717, 1.165) is 22.1 Å². The summed E-state index contributed by atoms with van der Waals surface area (Å²) in [6.07, 6.45) is 7.65. The molecule has 1 atom stereocenters. The Morgan fingerprint density at radius 3 is 2.10 bits per heavy atom. The Kier molecular flexibility index (Phi) is 5.51. The lowest BCUT2D eigenvalue weighted by atomic mass is 9.54. The van der Waals surface area contributed by atoms with Crippen LogP contribution in [-0.2, 0) is 14.8 Å². The number of carbonyl (C=O) groups excluding carboxylic acids is 1. The van der Waals surface area contributed by atoms with Crippen LogP contribution < -0.4 is 5.32 Å². The first-order valence-electron chi connectivity index (χ1n) is 10.7. The highest BCUT2D eigenvalue weighted by molar-refractivity contribution is 7.89. The smallest absolute Gasteiger partial charge is 0.251 e. The molecular formula is C22H32N2O4S. The normalized spacial score (nSPS) is 31.8. The Morgan fingerprint density at radius 1 is 1.10 bits per heavy atom. The van der Waals surface area contributed by atoms with Crippen molar-refractivity contribution in [2.45, 2.75) is 62.0 Å². The maximum Gasteiger partial charge on any atom is 0.251 e. The molecule has 1 N–H and O–H groups in total. The highest BCUT2D eigenvalue weighted by Gasteiger charge is 2.52. The largest absolute Gasteiger partial charge is 0.370 e. The highest BCUT2D eigenvalue weighted by Crippen LogP contribution is 2.57. The maximum atomic E-state index is 12.5. The Morgan fingerprint density at radius 2 is 1.62 bits per heavy atom. The molecule has 0 radical (unpaired) electrons. The molecule has 1 amide bonds. The van der Waals surface area contributed by atoms with Gasteiger partial charge in [-0.15, -0.1) is 0 Å². The molecule has 29 heavy (non-hydrogen) atoms. The van der Waals surface area contributed by atoms with Gasteiger partial charge in [-0.2, -0.15) is 0 Å². The van der Waals surface area contributed by atoms with E-state index in [9.17, 15) is 13.2 Å². The van der Waals surface area contributed by atoms with E-state index in [0.29, 0.717) is 12.1 Å². The van der Waals surface area contributed by atoms with Gasteiger partial charge in [0.2, 0.25) is 10.0 Å². The fourth-order valence-corrected chi connectivity index (χ4v) is 6.87. The third-order valence-electron chi connectivity index (χ3n) is 6.88. The Labute approximate surface area is 174 Å². The molecule has 0 aromatic heterocycles. The van der Waals surface area contributed by atoms with Crippen LogP contribution in [0.5, 0.6) is 0 Å².